The van der Waals surface area contributed by atoms with Crippen LogP contribution in [0.2, 0.25) is 0 Å². The molecule has 2 fully saturated rings. The molecule has 32 heavy (non-hydrogen) atoms. The topological polar surface area (TPSA) is 33.4 Å². The molecule has 0 unspecified atom stereocenters. The van der Waals surface area contributed by atoms with E-state index in [1.54, 1.807) is 17.0 Å². The van der Waals surface area contributed by atoms with Gasteiger partial charge in [-0.3, -0.25) is 4.68 Å². The lowest BCUT2D eigenvalue weighted by Crippen LogP contribution is -2.42. The molecule has 1 aromatic rings. The third kappa shape index (κ3) is 5.68. The lowest BCUT2D eigenvalue weighted by atomic mass is 9.87. The van der Waals surface area contributed by atoms with Crippen LogP contribution in [0.5, 0.6) is 0 Å². The fraction of sp³-hybridized carbons (Fsp3) is 0.692. The van der Waals surface area contributed by atoms with Crippen molar-refractivity contribution in [2.75, 3.05) is 6.54 Å². The van der Waals surface area contributed by atoms with Crippen molar-refractivity contribution in [2.24, 2.45) is 10.9 Å². The lowest BCUT2D eigenvalue weighted by molar-refractivity contribution is 0.143. The van der Waals surface area contributed by atoms with Gasteiger partial charge in [0.05, 0.1) is 6.04 Å². The number of alkyl halides is 2. The molecule has 1 saturated heterocycles. The van der Waals surface area contributed by atoms with Crippen LogP contribution in [-0.2, 0) is 0 Å². The fourth-order valence-electron chi connectivity index (χ4n) is 5.14. The summed E-state index contributed by atoms with van der Waals surface area (Å²) in [6, 6.07) is 0.652. The summed E-state index contributed by atoms with van der Waals surface area (Å²) in [5.74, 6) is 1.76. The fourth-order valence-corrected chi connectivity index (χ4v) is 5.14. The maximum atomic E-state index is 14.0. The van der Waals surface area contributed by atoms with Crippen LogP contribution in [0.4, 0.5) is 8.78 Å². The smallest absolute Gasteiger partial charge is 0.282 e. The summed E-state index contributed by atoms with van der Waals surface area (Å²) >= 11 is 0. The zero-order chi connectivity index (χ0) is 23.3. The average Bonchev–Trinajstić information content (AvgIpc) is 3.20. The van der Waals surface area contributed by atoms with Gasteiger partial charge in [0.1, 0.15) is 11.5 Å². The highest BCUT2D eigenvalue weighted by molar-refractivity contribution is 5.86. The Balaban J connectivity index is 1.98. The largest absolute Gasteiger partial charge is 0.357 e. The van der Waals surface area contributed by atoms with Crippen LogP contribution in [0, 0.1) is 5.92 Å². The van der Waals surface area contributed by atoms with Gasteiger partial charge in [-0.15, -0.1) is 0 Å². The van der Waals surface area contributed by atoms with Crippen LogP contribution in [0.15, 0.2) is 29.5 Å². The van der Waals surface area contributed by atoms with E-state index >= 15 is 0 Å². The molecule has 0 bridgehead atoms. The summed E-state index contributed by atoms with van der Waals surface area (Å²) in [6.45, 7) is 13.5. The predicted octanol–water partition coefficient (Wildman–Crippen LogP) is 7.56. The normalized spacial score (nSPS) is 25.8. The van der Waals surface area contributed by atoms with Crippen molar-refractivity contribution in [2.45, 2.75) is 104 Å². The number of aromatic nitrogens is 2. The number of hydrogen-bond acceptors (Lipinski definition) is 2. The number of rotatable bonds is 7. The molecule has 2 aliphatic rings. The van der Waals surface area contributed by atoms with Crippen molar-refractivity contribution < 1.29 is 8.78 Å². The van der Waals surface area contributed by atoms with Gasteiger partial charge in [0.2, 0.25) is 0 Å². The molecule has 0 aromatic carbocycles. The number of hydrogen-bond donors (Lipinski definition) is 0. The number of nitrogens with zero attached hydrogens (tertiary/aromatic N) is 4. The van der Waals surface area contributed by atoms with Gasteiger partial charge >= 0.3 is 0 Å². The first-order valence-electron chi connectivity index (χ1n) is 12.4. The molecule has 1 saturated carbocycles. The summed E-state index contributed by atoms with van der Waals surface area (Å²) in [5.41, 5.74) is 1.71. The SMILES string of the molecule is C=C/C(=C(C)/N=C(\CCC)N1CCCC[C@@H]1C)c1cn(C2CCC(C)CC2)nc1C(F)F. The second-order valence-electron chi connectivity index (χ2n) is 9.64. The van der Waals surface area contributed by atoms with Crippen molar-refractivity contribution in [3.63, 3.8) is 0 Å². The Morgan fingerprint density at radius 3 is 2.53 bits per heavy atom. The molecule has 1 aliphatic carbocycles. The van der Waals surface area contributed by atoms with Crippen LogP contribution < -0.4 is 0 Å². The summed E-state index contributed by atoms with van der Waals surface area (Å²) in [5, 5.41) is 4.35. The Labute approximate surface area is 192 Å². The highest BCUT2D eigenvalue weighted by atomic mass is 19.3. The van der Waals surface area contributed by atoms with Gasteiger partial charge < -0.3 is 4.90 Å². The second kappa shape index (κ2) is 11.2. The van der Waals surface area contributed by atoms with E-state index in [2.05, 4.69) is 37.3 Å². The van der Waals surface area contributed by atoms with Gasteiger partial charge in [0.15, 0.2) is 0 Å². The van der Waals surface area contributed by atoms with E-state index in [1.165, 1.54) is 19.3 Å². The third-order valence-electron chi connectivity index (χ3n) is 7.12. The minimum atomic E-state index is -2.63. The molecular formula is C26H40F2N4. The van der Waals surface area contributed by atoms with Gasteiger partial charge in [-0.1, -0.05) is 26.5 Å². The monoisotopic (exact) mass is 446 g/mol. The number of halogens is 2. The first kappa shape index (κ1) is 24.7. The van der Waals surface area contributed by atoms with Gasteiger partial charge in [0.25, 0.3) is 6.43 Å². The summed E-state index contributed by atoms with van der Waals surface area (Å²) < 4.78 is 29.7. The third-order valence-corrected chi connectivity index (χ3v) is 7.12. The molecule has 0 spiro atoms. The van der Waals surface area contributed by atoms with Crippen LogP contribution in [0.3, 0.4) is 0 Å². The Morgan fingerprint density at radius 1 is 1.22 bits per heavy atom. The van der Waals surface area contributed by atoms with Crippen LogP contribution >= 0.6 is 0 Å². The predicted molar refractivity (Wildman–Crippen MR) is 129 cm³/mol. The number of amidine groups is 1. The zero-order valence-corrected chi connectivity index (χ0v) is 20.3. The van der Waals surface area contributed by atoms with E-state index in [9.17, 15) is 8.78 Å². The molecule has 0 radical (unpaired) electrons. The zero-order valence-electron chi connectivity index (χ0n) is 20.3. The van der Waals surface area contributed by atoms with Gasteiger partial charge in [0, 0.05) is 42.0 Å². The summed E-state index contributed by atoms with van der Waals surface area (Å²) in [6.07, 6.45) is 10.5. The van der Waals surface area contributed by atoms with E-state index in [0.717, 1.165) is 56.6 Å². The molecule has 1 aliphatic heterocycles. The van der Waals surface area contributed by atoms with Crippen molar-refractivity contribution in [1.82, 2.24) is 14.7 Å². The molecular weight excluding hydrogens is 406 g/mol. The quantitative estimate of drug-likeness (QED) is 0.246. The number of piperidine rings is 1. The van der Waals surface area contributed by atoms with E-state index in [4.69, 9.17) is 4.99 Å². The molecule has 6 heteroatoms. The van der Waals surface area contributed by atoms with Crippen molar-refractivity contribution in [1.29, 1.82) is 0 Å². The Kier molecular flexibility index (Phi) is 8.66. The average molecular weight is 447 g/mol. The van der Waals surface area contributed by atoms with Gasteiger partial charge in [-0.25, -0.2) is 13.8 Å². The Morgan fingerprint density at radius 2 is 1.94 bits per heavy atom. The van der Waals surface area contributed by atoms with E-state index in [1.807, 2.05) is 6.92 Å². The van der Waals surface area contributed by atoms with E-state index in [0.29, 0.717) is 23.1 Å². The van der Waals surface area contributed by atoms with Crippen LogP contribution in [-0.4, -0.2) is 33.1 Å². The highest BCUT2D eigenvalue weighted by Gasteiger charge is 2.27. The molecule has 4 nitrogen and oxygen atoms in total. The van der Waals surface area contributed by atoms with Crippen LogP contribution in [0.25, 0.3) is 5.57 Å². The first-order valence-corrected chi connectivity index (χ1v) is 12.4. The molecule has 1 aromatic heterocycles. The number of aliphatic imine (C=N–C) groups is 1. The van der Waals surface area contributed by atoms with E-state index in [-0.39, 0.29) is 11.7 Å². The molecule has 0 N–H and O–H groups in total. The lowest BCUT2D eigenvalue weighted by Gasteiger charge is -2.36. The molecule has 1 atom stereocenters. The second-order valence-corrected chi connectivity index (χ2v) is 9.64. The Bertz CT molecular complexity index is 831. The number of allylic oxidation sites excluding steroid dienone is 3. The first-order chi connectivity index (χ1) is 15.3. The maximum Gasteiger partial charge on any atom is 0.282 e. The summed E-state index contributed by atoms with van der Waals surface area (Å²) in [7, 11) is 0. The van der Waals surface area contributed by atoms with Gasteiger partial charge in [-0.2, -0.15) is 5.10 Å². The highest BCUT2D eigenvalue weighted by Crippen LogP contribution is 2.36. The van der Waals surface area contributed by atoms with Crippen molar-refractivity contribution >= 4 is 11.4 Å². The molecule has 0 amide bonds. The van der Waals surface area contributed by atoms with E-state index < -0.39 is 6.43 Å². The molecule has 178 valence electrons. The van der Waals surface area contributed by atoms with Crippen molar-refractivity contribution in [3.8, 4) is 0 Å². The molecule has 3 rings (SSSR count). The Hall–Kier alpha value is -1.98. The minimum Gasteiger partial charge on any atom is -0.357 e. The van der Waals surface area contributed by atoms with Gasteiger partial charge in [-0.05, 0) is 71.1 Å². The molecule has 2 heterocycles. The standard InChI is InChI=1S/C26H40F2N4/c1-6-10-24(31-16-9-8-11-19(31)4)29-20(5)22(7-2)23-17-32(30-25(23)26(27)28)21-14-12-18(3)13-15-21/h7,17-19,21,26H,2,6,8-16H2,1,3-5H3/b22-20-,29-24+/t18?,19-,21?/m0/s1. The van der Waals surface area contributed by atoms with Crippen molar-refractivity contribution in [3.05, 3.63) is 35.8 Å². The number of likely N-dealkylation sites (tertiary alicyclic amines) is 1. The summed E-state index contributed by atoms with van der Waals surface area (Å²) in [4.78, 5) is 7.39. The van der Waals surface area contributed by atoms with Crippen LogP contribution in [0.1, 0.15) is 109 Å². The minimum absolute atomic E-state index is 0.156. The maximum absolute atomic E-state index is 14.0.